The largest absolute Gasteiger partial charge is 0.481 e. The molecule has 5 nitrogen and oxygen atoms in total. The van der Waals surface area contributed by atoms with Gasteiger partial charge < -0.3 is 20.6 Å². The lowest BCUT2D eigenvalue weighted by Gasteiger charge is -2.42. The second-order valence-electron chi connectivity index (χ2n) is 4.89. The summed E-state index contributed by atoms with van der Waals surface area (Å²) in [5.41, 5.74) is -0.191. The monoisotopic (exact) mass is 229 g/mol. The predicted octanol–water partition coefficient (Wildman–Crippen LogP) is -0.265. The molecule has 5 heteroatoms. The first kappa shape index (κ1) is 13.4. The van der Waals surface area contributed by atoms with Crippen LogP contribution in [0, 0.1) is 0 Å². The average Bonchev–Trinajstić information content (AvgIpc) is 2.11. The normalized spacial score (nSPS) is 18.4. The highest BCUT2D eigenvalue weighted by molar-refractivity contribution is 5.68. The lowest BCUT2D eigenvalue weighted by atomic mass is 9.88. The molecule has 0 amide bonds. The molecule has 0 spiro atoms. The van der Waals surface area contributed by atoms with Crippen LogP contribution in [0.5, 0.6) is 0 Å². The van der Waals surface area contributed by atoms with E-state index in [0.717, 1.165) is 39.0 Å². The summed E-state index contributed by atoms with van der Waals surface area (Å²) in [6.45, 7) is 3.54. The van der Waals surface area contributed by atoms with Crippen molar-refractivity contribution in [1.29, 1.82) is 0 Å². The van der Waals surface area contributed by atoms with Crippen molar-refractivity contribution in [3.63, 3.8) is 0 Å². The van der Waals surface area contributed by atoms with E-state index in [1.807, 2.05) is 0 Å². The summed E-state index contributed by atoms with van der Waals surface area (Å²) in [5.74, 6) is -0.720. The smallest absolute Gasteiger partial charge is 0.305 e. The molecule has 16 heavy (non-hydrogen) atoms. The molecule has 0 aromatic carbocycles. The van der Waals surface area contributed by atoms with Crippen LogP contribution in [0.25, 0.3) is 0 Å². The average molecular weight is 229 g/mol. The minimum atomic E-state index is -0.720. The van der Waals surface area contributed by atoms with Gasteiger partial charge in [-0.1, -0.05) is 0 Å². The molecule has 1 saturated heterocycles. The van der Waals surface area contributed by atoms with E-state index in [4.69, 9.17) is 5.11 Å². The maximum Gasteiger partial charge on any atom is 0.305 e. The number of carboxylic acid groups (broad SMARTS) is 1. The molecule has 0 radical (unpaired) electrons. The number of rotatable bonds is 8. The highest BCUT2D eigenvalue weighted by atomic mass is 16.4. The first-order chi connectivity index (χ1) is 7.54. The van der Waals surface area contributed by atoms with E-state index < -0.39 is 5.97 Å². The van der Waals surface area contributed by atoms with Crippen molar-refractivity contribution in [1.82, 2.24) is 15.5 Å². The van der Waals surface area contributed by atoms with Gasteiger partial charge in [-0.3, -0.25) is 4.79 Å². The highest BCUT2D eigenvalue weighted by Gasteiger charge is 2.38. The molecule has 0 bridgehead atoms. The van der Waals surface area contributed by atoms with Crippen LogP contribution in [-0.4, -0.2) is 61.8 Å². The molecule has 0 saturated carbocycles. The Balaban J connectivity index is 2.12. The quantitative estimate of drug-likeness (QED) is 0.500. The van der Waals surface area contributed by atoms with Gasteiger partial charge in [-0.25, -0.2) is 0 Å². The van der Waals surface area contributed by atoms with Gasteiger partial charge in [0.1, 0.15) is 0 Å². The Hall–Kier alpha value is -0.650. The van der Waals surface area contributed by atoms with Crippen LogP contribution in [0.2, 0.25) is 0 Å². The Morgan fingerprint density at radius 3 is 2.56 bits per heavy atom. The van der Waals surface area contributed by atoms with Crippen LogP contribution in [0.3, 0.4) is 0 Å². The van der Waals surface area contributed by atoms with Gasteiger partial charge in [-0.2, -0.15) is 0 Å². The number of carboxylic acids is 1. The Kier molecular flexibility index (Phi) is 5.18. The molecule has 0 aromatic rings. The Morgan fingerprint density at radius 2 is 2.12 bits per heavy atom. The number of carbonyl (C=O) groups is 1. The zero-order chi connectivity index (χ0) is 12.0. The molecular weight excluding hydrogens is 206 g/mol. The third-order valence-electron chi connectivity index (χ3n) is 2.95. The minimum Gasteiger partial charge on any atom is -0.481 e. The van der Waals surface area contributed by atoms with Gasteiger partial charge in [0.2, 0.25) is 0 Å². The summed E-state index contributed by atoms with van der Waals surface area (Å²) >= 11 is 0. The standard InChI is InChI=1S/C11H23N3O2/c1-14(2)6-4-3-5-13-11(7-10(15)16)8-12-9-11/h12-13H,3-9H2,1-2H3,(H,15,16). The van der Waals surface area contributed by atoms with Gasteiger partial charge in [-0.15, -0.1) is 0 Å². The van der Waals surface area contributed by atoms with Crippen LogP contribution in [0.1, 0.15) is 19.3 Å². The fraction of sp³-hybridized carbons (Fsp3) is 0.909. The van der Waals surface area contributed by atoms with Crippen molar-refractivity contribution in [3.05, 3.63) is 0 Å². The van der Waals surface area contributed by atoms with Gasteiger partial charge in [0.25, 0.3) is 0 Å². The van der Waals surface area contributed by atoms with Crippen LogP contribution in [0.4, 0.5) is 0 Å². The van der Waals surface area contributed by atoms with Crippen LogP contribution in [-0.2, 0) is 4.79 Å². The lowest BCUT2D eigenvalue weighted by Crippen LogP contribution is -2.68. The molecule has 0 atom stereocenters. The second-order valence-corrected chi connectivity index (χ2v) is 4.89. The summed E-state index contributed by atoms with van der Waals surface area (Å²) in [4.78, 5) is 12.9. The lowest BCUT2D eigenvalue weighted by molar-refractivity contribution is -0.139. The number of nitrogens with one attached hydrogen (secondary N) is 2. The predicted molar refractivity (Wildman–Crippen MR) is 63.6 cm³/mol. The number of hydrogen-bond acceptors (Lipinski definition) is 4. The molecule has 1 aliphatic rings. The van der Waals surface area contributed by atoms with Gasteiger partial charge >= 0.3 is 5.97 Å². The molecule has 0 aliphatic carbocycles. The highest BCUT2D eigenvalue weighted by Crippen LogP contribution is 2.15. The number of aliphatic carboxylic acids is 1. The molecule has 3 N–H and O–H groups in total. The third-order valence-corrected chi connectivity index (χ3v) is 2.95. The van der Waals surface area contributed by atoms with E-state index >= 15 is 0 Å². The van der Waals surface area contributed by atoms with Gasteiger partial charge in [-0.05, 0) is 40.0 Å². The maximum atomic E-state index is 10.7. The van der Waals surface area contributed by atoms with Crippen LogP contribution >= 0.6 is 0 Å². The summed E-state index contributed by atoms with van der Waals surface area (Å²) in [6, 6.07) is 0. The topological polar surface area (TPSA) is 64.6 Å². The first-order valence-electron chi connectivity index (χ1n) is 5.86. The summed E-state index contributed by atoms with van der Waals surface area (Å²) < 4.78 is 0. The molecule has 94 valence electrons. The molecule has 1 fully saturated rings. The fourth-order valence-corrected chi connectivity index (χ4v) is 1.94. The molecule has 1 aliphatic heterocycles. The summed E-state index contributed by atoms with van der Waals surface area (Å²) in [7, 11) is 4.13. The number of unbranched alkanes of at least 4 members (excludes halogenated alkanes) is 1. The van der Waals surface area contributed by atoms with Crippen molar-refractivity contribution < 1.29 is 9.90 Å². The van der Waals surface area contributed by atoms with E-state index in [1.54, 1.807) is 0 Å². The zero-order valence-electron chi connectivity index (χ0n) is 10.3. The van der Waals surface area contributed by atoms with E-state index in [-0.39, 0.29) is 12.0 Å². The van der Waals surface area contributed by atoms with Crippen molar-refractivity contribution in [2.75, 3.05) is 40.3 Å². The molecule has 0 unspecified atom stereocenters. The van der Waals surface area contributed by atoms with Crippen molar-refractivity contribution in [2.45, 2.75) is 24.8 Å². The SMILES string of the molecule is CN(C)CCCCNC1(CC(=O)O)CNC1. The second kappa shape index (κ2) is 6.18. The molecular formula is C11H23N3O2. The van der Waals surface area contributed by atoms with Crippen LogP contribution in [0.15, 0.2) is 0 Å². The summed E-state index contributed by atoms with van der Waals surface area (Å²) in [5, 5.41) is 15.3. The Bertz CT molecular complexity index is 227. The van der Waals surface area contributed by atoms with Crippen molar-refractivity contribution >= 4 is 5.97 Å². The maximum absolute atomic E-state index is 10.7. The number of nitrogens with zero attached hydrogens (tertiary/aromatic N) is 1. The first-order valence-corrected chi connectivity index (χ1v) is 5.86. The number of hydrogen-bond donors (Lipinski definition) is 3. The van der Waals surface area contributed by atoms with Gasteiger partial charge in [0.15, 0.2) is 0 Å². The van der Waals surface area contributed by atoms with Crippen LogP contribution < -0.4 is 10.6 Å². The Morgan fingerprint density at radius 1 is 1.44 bits per heavy atom. The minimum absolute atomic E-state index is 0.191. The van der Waals surface area contributed by atoms with E-state index in [2.05, 4.69) is 29.6 Å². The molecule has 1 heterocycles. The van der Waals surface area contributed by atoms with E-state index in [0.29, 0.717) is 0 Å². The van der Waals surface area contributed by atoms with E-state index in [9.17, 15) is 4.79 Å². The Labute approximate surface area is 97.2 Å². The molecule has 0 aromatic heterocycles. The fourth-order valence-electron chi connectivity index (χ4n) is 1.94. The zero-order valence-corrected chi connectivity index (χ0v) is 10.3. The molecule has 1 rings (SSSR count). The third kappa shape index (κ3) is 4.47. The van der Waals surface area contributed by atoms with Gasteiger partial charge in [0.05, 0.1) is 12.0 Å². The van der Waals surface area contributed by atoms with Crippen molar-refractivity contribution in [3.8, 4) is 0 Å². The van der Waals surface area contributed by atoms with Gasteiger partial charge in [0, 0.05) is 13.1 Å². The van der Waals surface area contributed by atoms with E-state index in [1.165, 1.54) is 0 Å². The van der Waals surface area contributed by atoms with Crippen molar-refractivity contribution in [2.24, 2.45) is 0 Å². The summed E-state index contributed by atoms with van der Waals surface area (Å²) in [6.07, 6.45) is 2.46.